The molecular weight excluding hydrogens is 224 g/mol. The van der Waals surface area contributed by atoms with Crippen molar-refractivity contribution in [2.75, 3.05) is 6.61 Å². The number of nitrogens with two attached hydrogens (primary N) is 2. The van der Waals surface area contributed by atoms with Gasteiger partial charge in [0.1, 0.15) is 0 Å². The zero-order valence-electron chi connectivity index (χ0n) is 10.4. The number of benzene rings is 1. The van der Waals surface area contributed by atoms with Crippen LogP contribution in [0, 0.1) is 17.8 Å². The fourth-order valence-corrected chi connectivity index (χ4v) is 3.25. The molecule has 18 heavy (non-hydrogen) atoms. The van der Waals surface area contributed by atoms with Crippen LogP contribution in [0.4, 0.5) is 0 Å². The van der Waals surface area contributed by atoms with Gasteiger partial charge >= 0.3 is 0 Å². The maximum absolute atomic E-state index is 6.10. The van der Waals surface area contributed by atoms with Crippen molar-refractivity contribution >= 4 is 0 Å². The highest BCUT2D eigenvalue weighted by Crippen LogP contribution is 2.43. The molecule has 0 spiro atoms. The summed E-state index contributed by atoms with van der Waals surface area (Å²) >= 11 is 0. The Morgan fingerprint density at radius 3 is 2.17 bits per heavy atom. The van der Waals surface area contributed by atoms with Gasteiger partial charge < -0.3 is 16.2 Å². The van der Waals surface area contributed by atoms with Crippen LogP contribution in [0.5, 0.6) is 0 Å². The summed E-state index contributed by atoms with van der Waals surface area (Å²) in [6, 6.07) is 10.5. The fraction of sp³-hybridized carbons (Fsp3) is 0.467. The molecule has 0 amide bonds. The Bertz CT molecular complexity index is 413. The Morgan fingerprint density at radius 2 is 1.56 bits per heavy atom. The van der Waals surface area contributed by atoms with E-state index >= 15 is 0 Å². The summed E-state index contributed by atoms with van der Waals surface area (Å²) in [5.41, 5.74) is 13.4. The van der Waals surface area contributed by atoms with Gasteiger partial charge in [0.25, 0.3) is 0 Å². The van der Waals surface area contributed by atoms with Gasteiger partial charge in [0.05, 0.1) is 13.2 Å². The zero-order valence-corrected chi connectivity index (χ0v) is 10.4. The molecule has 0 saturated heterocycles. The Balaban J connectivity index is 1.54. The van der Waals surface area contributed by atoms with Crippen LogP contribution in [0.3, 0.4) is 0 Å². The minimum atomic E-state index is 0.102. The number of hydrogen-bond acceptors (Lipinski definition) is 3. The third-order valence-corrected chi connectivity index (χ3v) is 4.30. The predicted octanol–water partition coefficient (Wildman–Crippen LogP) is 1.29. The molecule has 96 valence electrons. The monoisotopic (exact) mass is 244 g/mol. The zero-order chi connectivity index (χ0) is 12.5. The van der Waals surface area contributed by atoms with Crippen LogP contribution in [-0.2, 0) is 11.3 Å². The molecule has 0 heterocycles. The van der Waals surface area contributed by atoms with Gasteiger partial charge in [-0.2, -0.15) is 0 Å². The van der Waals surface area contributed by atoms with E-state index in [4.69, 9.17) is 16.2 Å². The molecule has 0 aromatic heterocycles. The van der Waals surface area contributed by atoms with Gasteiger partial charge in [-0.05, 0) is 23.3 Å². The molecule has 2 aliphatic carbocycles. The molecule has 0 radical (unpaired) electrons. The second-order valence-electron chi connectivity index (χ2n) is 5.36. The minimum Gasteiger partial charge on any atom is -0.376 e. The van der Waals surface area contributed by atoms with Crippen LogP contribution in [0.2, 0.25) is 0 Å². The van der Waals surface area contributed by atoms with E-state index in [1.807, 2.05) is 18.2 Å². The first-order valence-corrected chi connectivity index (χ1v) is 6.58. The number of ether oxygens (including phenoxy) is 1. The number of rotatable bonds is 4. The van der Waals surface area contributed by atoms with Gasteiger partial charge in [-0.3, -0.25) is 0 Å². The highest BCUT2D eigenvalue weighted by Gasteiger charge is 2.48. The van der Waals surface area contributed by atoms with Gasteiger partial charge in [-0.25, -0.2) is 0 Å². The molecular formula is C15H20N2O. The predicted molar refractivity (Wildman–Crippen MR) is 71.7 cm³/mol. The summed E-state index contributed by atoms with van der Waals surface area (Å²) in [6.07, 6.45) is 4.43. The van der Waals surface area contributed by atoms with E-state index in [-0.39, 0.29) is 12.1 Å². The van der Waals surface area contributed by atoms with Crippen LogP contribution < -0.4 is 11.5 Å². The van der Waals surface area contributed by atoms with Crippen molar-refractivity contribution in [3.63, 3.8) is 0 Å². The third kappa shape index (κ3) is 1.99. The van der Waals surface area contributed by atoms with Gasteiger partial charge in [0, 0.05) is 12.1 Å². The van der Waals surface area contributed by atoms with Crippen molar-refractivity contribution in [3.05, 3.63) is 48.0 Å². The smallest absolute Gasteiger partial charge is 0.0717 e. The van der Waals surface area contributed by atoms with E-state index in [9.17, 15) is 0 Å². The van der Waals surface area contributed by atoms with E-state index in [1.54, 1.807) is 0 Å². The molecule has 2 aliphatic rings. The molecule has 2 bridgehead atoms. The second-order valence-corrected chi connectivity index (χ2v) is 5.36. The Kier molecular flexibility index (Phi) is 3.20. The molecule has 1 fully saturated rings. The van der Waals surface area contributed by atoms with Gasteiger partial charge in [0.15, 0.2) is 0 Å². The van der Waals surface area contributed by atoms with E-state index in [0.717, 1.165) is 6.61 Å². The van der Waals surface area contributed by atoms with Crippen molar-refractivity contribution in [1.29, 1.82) is 0 Å². The first-order chi connectivity index (χ1) is 8.77. The van der Waals surface area contributed by atoms with Crippen LogP contribution in [0.1, 0.15) is 5.56 Å². The summed E-state index contributed by atoms with van der Waals surface area (Å²) in [4.78, 5) is 0. The molecule has 4 atom stereocenters. The van der Waals surface area contributed by atoms with Crippen LogP contribution in [0.15, 0.2) is 42.5 Å². The quantitative estimate of drug-likeness (QED) is 0.785. The molecule has 1 aromatic rings. The Labute approximate surface area is 108 Å². The molecule has 3 heteroatoms. The van der Waals surface area contributed by atoms with Gasteiger partial charge in [-0.15, -0.1) is 0 Å². The lowest BCUT2D eigenvalue weighted by atomic mass is 9.97. The number of fused-ring (bicyclic) bond motifs is 2. The SMILES string of the molecule is N[C@@H]1C2C=CC(C2COCc2ccccc2)[C@H]1N. The van der Waals surface area contributed by atoms with Crippen molar-refractivity contribution in [3.8, 4) is 0 Å². The van der Waals surface area contributed by atoms with Crippen molar-refractivity contribution in [1.82, 2.24) is 0 Å². The maximum atomic E-state index is 6.10. The standard InChI is InChI=1S/C15H20N2O/c16-14-11-6-7-12(15(14)17)13(11)9-18-8-10-4-2-1-3-5-10/h1-7,11-15H,8-9,16-17H2/t11?,12?,13?,14-,15-/m1/s1. The van der Waals surface area contributed by atoms with E-state index < -0.39 is 0 Å². The van der Waals surface area contributed by atoms with Crippen LogP contribution in [0.25, 0.3) is 0 Å². The maximum Gasteiger partial charge on any atom is 0.0717 e. The minimum absolute atomic E-state index is 0.102. The highest BCUT2D eigenvalue weighted by molar-refractivity contribution is 5.21. The lowest BCUT2D eigenvalue weighted by Gasteiger charge is -2.19. The summed E-state index contributed by atoms with van der Waals surface area (Å²) in [5, 5.41) is 0. The van der Waals surface area contributed by atoms with E-state index in [2.05, 4.69) is 24.3 Å². The second kappa shape index (κ2) is 4.84. The lowest BCUT2D eigenvalue weighted by Crippen LogP contribution is -2.43. The average molecular weight is 244 g/mol. The molecule has 0 aliphatic heterocycles. The lowest BCUT2D eigenvalue weighted by molar-refractivity contribution is 0.0738. The van der Waals surface area contributed by atoms with Gasteiger partial charge in [0.2, 0.25) is 0 Å². The Morgan fingerprint density at radius 1 is 0.944 bits per heavy atom. The van der Waals surface area contributed by atoms with Gasteiger partial charge in [-0.1, -0.05) is 42.5 Å². The highest BCUT2D eigenvalue weighted by atomic mass is 16.5. The third-order valence-electron chi connectivity index (χ3n) is 4.30. The molecule has 1 saturated carbocycles. The largest absolute Gasteiger partial charge is 0.376 e. The molecule has 3 nitrogen and oxygen atoms in total. The van der Waals surface area contributed by atoms with E-state index in [0.29, 0.717) is 24.4 Å². The van der Waals surface area contributed by atoms with Crippen LogP contribution in [-0.4, -0.2) is 18.7 Å². The summed E-state index contributed by atoms with van der Waals surface area (Å²) in [5.74, 6) is 1.28. The topological polar surface area (TPSA) is 61.3 Å². The van der Waals surface area contributed by atoms with Crippen molar-refractivity contribution in [2.45, 2.75) is 18.7 Å². The molecule has 2 unspecified atom stereocenters. The molecule has 4 N–H and O–H groups in total. The van der Waals surface area contributed by atoms with Crippen LogP contribution >= 0.6 is 0 Å². The average Bonchev–Trinajstić information content (AvgIpc) is 2.89. The number of hydrogen-bond donors (Lipinski definition) is 2. The summed E-state index contributed by atoms with van der Waals surface area (Å²) < 4.78 is 5.83. The molecule has 3 rings (SSSR count). The van der Waals surface area contributed by atoms with Crippen molar-refractivity contribution in [2.24, 2.45) is 29.2 Å². The fourth-order valence-electron chi connectivity index (χ4n) is 3.25. The summed E-state index contributed by atoms with van der Waals surface area (Å²) in [7, 11) is 0. The summed E-state index contributed by atoms with van der Waals surface area (Å²) in [6.45, 7) is 1.42. The first kappa shape index (κ1) is 11.9. The normalized spacial score (nSPS) is 37.3. The van der Waals surface area contributed by atoms with E-state index in [1.165, 1.54) is 5.56 Å². The first-order valence-electron chi connectivity index (χ1n) is 6.58. The van der Waals surface area contributed by atoms with Crippen molar-refractivity contribution < 1.29 is 4.74 Å². The Hall–Kier alpha value is -1.16. The molecule has 1 aromatic carbocycles.